The fourth-order valence-electron chi connectivity index (χ4n) is 2.15. The molecule has 0 bridgehead atoms. The molecule has 4 aromatic heterocycles. The Bertz CT molecular complexity index is 988. The number of nitrogens with one attached hydrogen (secondary N) is 2. The fourth-order valence-corrected chi connectivity index (χ4v) is 2.36. The fraction of sp³-hybridized carbons (Fsp3) is 0. The van der Waals surface area contributed by atoms with Gasteiger partial charge in [-0.2, -0.15) is 5.10 Å². The number of aromatic amines is 1. The Morgan fingerprint density at radius 2 is 1.96 bits per heavy atom. The first-order valence-electron chi connectivity index (χ1n) is 7.10. The lowest BCUT2D eigenvalue weighted by Gasteiger charge is -2.08. The topological polar surface area (TPSA) is 88.6 Å². The van der Waals surface area contributed by atoms with Gasteiger partial charge in [-0.15, -0.1) is 0 Å². The summed E-state index contributed by atoms with van der Waals surface area (Å²) in [6.45, 7) is 0. The van der Waals surface area contributed by atoms with Gasteiger partial charge >= 0.3 is 0 Å². The Labute approximate surface area is 141 Å². The molecule has 0 aromatic carbocycles. The van der Waals surface area contributed by atoms with Crippen LogP contribution in [-0.4, -0.2) is 25.1 Å². The first-order chi connectivity index (χ1) is 11.8. The van der Waals surface area contributed by atoms with Crippen molar-refractivity contribution in [3.63, 3.8) is 0 Å². The minimum Gasteiger partial charge on any atom is -0.419 e. The second kappa shape index (κ2) is 6.13. The summed E-state index contributed by atoms with van der Waals surface area (Å²) < 4.78 is 5.55. The molecule has 0 aliphatic carbocycles. The van der Waals surface area contributed by atoms with Gasteiger partial charge in [0.25, 0.3) is 0 Å². The number of H-pyrrole nitrogens is 1. The third-order valence-corrected chi connectivity index (χ3v) is 3.50. The number of aromatic nitrogens is 5. The highest BCUT2D eigenvalue weighted by atomic mass is 35.5. The van der Waals surface area contributed by atoms with Gasteiger partial charge in [0.15, 0.2) is 5.82 Å². The van der Waals surface area contributed by atoms with E-state index < -0.39 is 0 Å². The zero-order chi connectivity index (χ0) is 16.4. The Balaban J connectivity index is 1.58. The molecule has 4 heterocycles. The molecule has 24 heavy (non-hydrogen) atoms. The van der Waals surface area contributed by atoms with E-state index in [1.54, 1.807) is 36.8 Å². The number of rotatable bonds is 4. The summed E-state index contributed by atoms with van der Waals surface area (Å²) >= 11 is 6.24. The van der Waals surface area contributed by atoms with Gasteiger partial charge < -0.3 is 10.1 Å². The van der Waals surface area contributed by atoms with E-state index in [4.69, 9.17) is 16.3 Å². The minimum absolute atomic E-state index is 0.283. The Kier molecular flexibility index (Phi) is 3.68. The van der Waals surface area contributed by atoms with E-state index in [0.717, 1.165) is 11.0 Å². The molecule has 0 saturated heterocycles. The van der Waals surface area contributed by atoms with Gasteiger partial charge in [0.1, 0.15) is 10.5 Å². The summed E-state index contributed by atoms with van der Waals surface area (Å²) in [5.41, 5.74) is 2.25. The molecule has 0 fully saturated rings. The lowest BCUT2D eigenvalue weighted by Crippen LogP contribution is -1.95. The van der Waals surface area contributed by atoms with Crippen molar-refractivity contribution >= 4 is 34.1 Å². The highest BCUT2D eigenvalue weighted by molar-refractivity contribution is 6.32. The molecule has 0 amide bonds. The van der Waals surface area contributed by atoms with Crippen molar-refractivity contribution in [3.8, 4) is 11.8 Å². The van der Waals surface area contributed by atoms with Gasteiger partial charge in [-0.05, 0) is 24.3 Å². The summed E-state index contributed by atoms with van der Waals surface area (Å²) in [4.78, 5) is 12.6. The number of pyridine rings is 3. The van der Waals surface area contributed by atoms with Gasteiger partial charge in [0.05, 0.1) is 17.4 Å². The zero-order valence-electron chi connectivity index (χ0n) is 12.3. The molecule has 0 atom stereocenters. The summed E-state index contributed by atoms with van der Waals surface area (Å²) in [6, 6.07) is 10.8. The maximum atomic E-state index is 6.24. The number of hydrogen-bond donors (Lipinski definition) is 2. The number of hydrogen-bond acceptors (Lipinski definition) is 6. The van der Waals surface area contributed by atoms with E-state index in [9.17, 15) is 0 Å². The van der Waals surface area contributed by atoms with E-state index in [0.29, 0.717) is 22.4 Å². The van der Waals surface area contributed by atoms with E-state index in [1.165, 1.54) is 0 Å². The normalized spacial score (nSPS) is 10.7. The molecule has 0 aliphatic heterocycles. The van der Waals surface area contributed by atoms with Crippen LogP contribution < -0.4 is 10.1 Å². The maximum Gasteiger partial charge on any atom is 0.240 e. The zero-order valence-corrected chi connectivity index (χ0v) is 13.0. The van der Waals surface area contributed by atoms with Crippen molar-refractivity contribution in [2.45, 2.75) is 0 Å². The van der Waals surface area contributed by atoms with Crippen molar-refractivity contribution in [1.82, 2.24) is 25.1 Å². The molecule has 0 unspecified atom stereocenters. The lowest BCUT2D eigenvalue weighted by atomic mass is 10.3. The Morgan fingerprint density at radius 1 is 1.04 bits per heavy atom. The molecular weight excluding hydrogens is 328 g/mol. The van der Waals surface area contributed by atoms with Crippen LogP contribution in [0.3, 0.4) is 0 Å². The molecular formula is C16H11ClN6O. The highest BCUT2D eigenvalue weighted by Gasteiger charge is 2.10. The molecule has 118 valence electrons. The van der Waals surface area contributed by atoms with Gasteiger partial charge in [0, 0.05) is 18.5 Å². The first kappa shape index (κ1) is 14.4. The van der Waals surface area contributed by atoms with Crippen LogP contribution >= 0.6 is 11.6 Å². The van der Waals surface area contributed by atoms with E-state index >= 15 is 0 Å². The summed E-state index contributed by atoms with van der Waals surface area (Å²) in [5.74, 6) is 1.31. The SMILES string of the molecule is Clc1cc(Nc2n[nH]c3cccnc23)cnc1Oc1ccccn1. The standard InChI is InChI=1S/C16H11ClN6O/c17-11-8-10(9-20-16(11)24-13-5-1-2-6-18-13)21-15-14-12(22-23-15)4-3-7-19-14/h1-9H,(H2,21,22,23). The number of ether oxygens (including phenoxy) is 1. The van der Waals surface area contributed by atoms with Crippen molar-refractivity contribution < 1.29 is 4.74 Å². The van der Waals surface area contributed by atoms with Gasteiger partial charge in [0.2, 0.25) is 11.8 Å². The predicted octanol–water partition coefficient (Wildman–Crippen LogP) is 3.94. The molecule has 4 aromatic rings. The first-order valence-corrected chi connectivity index (χ1v) is 7.48. The number of halogens is 1. The largest absolute Gasteiger partial charge is 0.419 e. The van der Waals surface area contributed by atoms with Crippen LogP contribution in [0.25, 0.3) is 11.0 Å². The molecule has 0 saturated carbocycles. The van der Waals surface area contributed by atoms with Gasteiger partial charge in [-0.25, -0.2) is 9.97 Å². The summed E-state index contributed by atoms with van der Waals surface area (Å²) in [6.07, 6.45) is 4.94. The number of nitrogens with zero attached hydrogens (tertiary/aromatic N) is 4. The summed E-state index contributed by atoms with van der Waals surface area (Å²) in [5, 5.41) is 10.6. The monoisotopic (exact) mass is 338 g/mol. The third-order valence-electron chi connectivity index (χ3n) is 3.23. The molecule has 7 nitrogen and oxygen atoms in total. The third kappa shape index (κ3) is 2.84. The smallest absolute Gasteiger partial charge is 0.240 e. The quantitative estimate of drug-likeness (QED) is 0.586. The van der Waals surface area contributed by atoms with E-state index in [1.807, 2.05) is 18.2 Å². The number of fused-ring (bicyclic) bond motifs is 1. The van der Waals surface area contributed by atoms with Crippen molar-refractivity contribution in [2.24, 2.45) is 0 Å². The van der Waals surface area contributed by atoms with Crippen LogP contribution in [0, 0.1) is 0 Å². The van der Waals surface area contributed by atoms with Crippen molar-refractivity contribution in [2.75, 3.05) is 5.32 Å². The number of anilines is 2. The maximum absolute atomic E-state index is 6.24. The van der Waals surface area contributed by atoms with Crippen LogP contribution in [0.5, 0.6) is 11.8 Å². The average Bonchev–Trinajstić information content (AvgIpc) is 3.01. The Hall–Kier alpha value is -3.19. The molecule has 8 heteroatoms. The van der Waals surface area contributed by atoms with Crippen molar-refractivity contribution in [3.05, 3.63) is 60.0 Å². The van der Waals surface area contributed by atoms with Crippen LogP contribution in [-0.2, 0) is 0 Å². The average molecular weight is 339 g/mol. The molecule has 2 N–H and O–H groups in total. The van der Waals surface area contributed by atoms with Crippen LogP contribution in [0.4, 0.5) is 11.5 Å². The highest BCUT2D eigenvalue weighted by Crippen LogP contribution is 2.30. The molecule has 0 aliphatic rings. The van der Waals surface area contributed by atoms with Crippen LogP contribution in [0.1, 0.15) is 0 Å². The second-order valence-electron chi connectivity index (χ2n) is 4.88. The van der Waals surface area contributed by atoms with Gasteiger partial charge in [-0.1, -0.05) is 17.7 Å². The van der Waals surface area contributed by atoms with E-state index in [-0.39, 0.29) is 5.88 Å². The predicted molar refractivity (Wildman–Crippen MR) is 90.7 cm³/mol. The minimum atomic E-state index is 0.283. The Morgan fingerprint density at radius 3 is 2.79 bits per heavy atom. The molecule has 0 spiro atoms. The van der Waals surface area contributed by atoms with Crippen LogP contribution in [0.15, 0.2) is 55.0 Å². The second-order valence-corrected chi connectivity index (χ2v) is 5.28. The lowest BCUT2D eigenvalue weighted by molar-refractivity contribution is 0.445. The summed E-state index contributed by atoms with van der Waals surface area (Å²) in [7, 11) is 0. The molecule has 4 rings (SSSR count). The van der Waals surface area contributed by atoms with Crippen LogP contribution in [0.2, 0.25) is 5.02 Å². The molecule has 0 radical (unpaired) electrons. The van der Waals surface area contributed by atoms with E-state index in [2.05, 4.69) is 30.5 Å². The van der Waals surface area contributed by atoms with Gasteiger partial charge in [-0.3, -0.25) is 10.1 Å². The van der Waals surface area contributed by atoms with Crippen molar-refractivity contribution in [1.29, 1.82) is 0 Å².